The third-order valence-electron chi connectivity index (χ3n) is 12.3. The highest BCUT2D eigenvalue weighted by molar-refractivity contribution is 5.92. The fourth-order valence-electron chi connectivity index (χ4n) is 9.12. The molecule has 5 aromatic rings. The lowest BCUT2D eigenvalue weighted by molar-refractivity contribution is -0.134. The van der Waals surface area contributed by atoms with Crippen molar-refractivity contribution in [3.05, 3.63) is 114 Å². The molecule has 2 aliphatic carbocycles. The fourth-order valence-corrected chi connectivity index (χ4v) is 9.12. The summed E-state index contributed by atoms with van der Waals surface area (Å²) < 4.78 is 9.73. The number of hydrogen-bond acceptors (Lipinski definition) is 9. The molecule has 5 heterocycles. The van der Waals surface area contributed by atoms with Gasteiger partial charge in [0.2, 0.25) is 11.8 Å². The standard InChI is InChI=1S/C47H49N9O6/c1-61-46(59)53-40(28-11-5-3-6-12-28)44(57)55-21-9-15-38(55)42-49-27-37(52-42)31-18-17-30-24-35(48-26-33(30)23-31)32-19-20-34-36(25-32)51-43(50-34)39-16-10-22-56(39)45(58)41(54-47(60)62-2)29-13-7-4-8-14-29/h3-5,7,12,14,17-20,23-27,38-41H,6,8-11,13,15-16,21-22H2,1-2H3,(H,49,52)(H,50,51)(H,53,59)(H,54,60). The number of carbonyl (C=O) groups excluding carboxylic acids is 4. The Balaban J connectivity index is 0.908. The van der Waals surface area contributed by atoms with Crippen LogP contribution in [0.4, 0.5) is 9.59 Å². The number of amides is 4. The molecule has 0 spiro atoms. The zero-order chi connectivity index (χ0) is 42.7. The van der Waals surface area contributed by atoms with Crippen molar-refractivity contribution < 1.29 is 28.7 Å². The van der Waals surface area contributed by atoms with Gasteiger partial charge in [0, 0.05) is 35.8 Å². The lowest BCUT2D eigenvalue weighted by Crippen LogP contribution is -2.49. The van der Waals surface area contributed by atoms with E-state index in [0.717, 1.165) is 81.2 Å². The van der Waals surface area contributed by atoms with Gasteiger partial charge in [0.25, 0.3) is 0 Å². The normalized spacial score (nSPS) is 19.6. The summed E-state index contributed by atoms with van der Waals surface area (Å²) in [5.74, 6) is 1.07. The molecule has 0 saturated carbocycles. The van der Waals surface area contributed by atoms with Crippen LogP contribution in [0.15, 0.2) is 102 Å². The number of rotatable bonds is 10. The van der Waals surface area contributed by atoms with Crippen LogP contribution < -0.4 is 10.6 Å². The lowest BCUT2D eigenvalue weighted by Gasteiger charge is -2.29. The highest BCUT2D eigenvalue weighted by atomic mass is 16.5. The quantitative estimate of drug-likeness (QED) is 0.103. The van der Waals surface area contributed by atoms with Crippen molar-refractivity contribution in [3.8, 4) is 22.5 Å². The SMILES string of the molecule is COC(=O)NC(C(=O)N1CCCC1c1ncc(-c2ccc3cc(-c4ccc5nc(C6CCCN6C(=O)C(NC(=O)OC)C6=CCC=CC6)[nH]c5c4)ncc3c2)[nH]1)C1=CCC=CC1. The molecule has 4 amide bonds. The third kappa shape index (κ3) is 8.09. The van der Waals surface area contributed by atoms with Gasteiger partial charge in [-0.1, -0.05) is 54.7 Å². The molecule has 2 aromatic carbocycles. The number of hydrogen-bond donors (Lipinski definition) is 4. The van der Waals surface area contributed by atoms with Gasteiger partial charge in [-0.2, -0.15) is 0 Å². The number of alkyl carbamates (subject to hydrolysis) is 2. The van der Waals surface area contributed by atoms with Gasteiger partial charge in [-0.3, -0.25) is 14.6 Å². The summed E-state index contributed by atoms with van der Waals surface area (Å²) in [7, 11) is 2.59. The van der Waals surface area contributed by atoms with Crippen LogP contribution in [0, 0.1) is 0 Å². The number of methoxy groups -OCH3 is 2. The van der Waals surface area contributed by atoms with E-state index in [1.165, 1.54) is 14.2 Å². The predicted octanol–water partition coefficient (Wildman–Crippen LogP) is 7.50. The number of likely N-dealkylation sites (tertiary alicyclic amines) is 2. The first-order valence-electron chi connectivity index (χ1n) is 21.2. The maximum atomic E-state index is 14.0. The van der Waals surface area contributed by atoms with Crippen molar-refractivity contribution in [1.29, 1.82) is 0 Å². The molecule has 0 radical (unpaired) electrons. The van der Waals surface area contributed by atoms with Crippen molar-refractivity contribution in [3.63, 3.8) is 0 Å². The molecule has 62 heavy (non-hydrogen) atoms. The lowest BCUT2D eigenvalue weighted by atomic mass is 9.97. The van der Waals surface area contributed by atoms with Crippen LogP contribution in [0.25, 0.3) is 44.3 Å². The first-order chi connectivity index (χ1) is 30.3. The number of nitrogens with one attached hydrogen (secondary N) is 4. The van der Waals surface area contributed by atoms with Gasteiger partial charge in [-0.15, -0.1) is 0 Å². The Hall–Kier alpha value is -7.03. The van der Waals surface area contributed by atoms with E-state index in [9.17, 15) is 19.2 Å². The number of H-pyrrole nitrogens is 2. The van der Waals surface area contributed by atoms with Crippen LogP contribution in [-0.2, 0) is 19.1 Å². The molecule has 4 atom stereocenters. The number of imidazole rings is 2. The summed E-state index contributed by atoms with van der Waals surface area (Å²) in [5, 5.41) is 7.52. The summed E-state index contributed by atoms with van der Waals surface area (Å²) >= 11 is 0. The Bertz CT molecular complexity index is 2680. The summed E-state index contributed by atoms with van der Waals surface area (Å²) in [6.45, 7) is 1.13. The topological polar surface area (TPSA) is 188 Å². The van der Waals surface area contributed by atoms with Gasteiger partial charge in [0.05, 0.1) is 54.9 Å². The van der Waals surface area contributed by atoms with E-state index >= 15 is 0 Å². The minimum atomic E-state index is -0.809. The van der Waals surface area contributed by atoms with Crippen LogP contribution in [0.5, 0.6) is 0 Å². The van der Waals surface area contributed by atoms with Gasteiger partial charge in [0.15, 0.2) is 0 Å². The minimum absolute atomic E-state index is 0.171. The largest absolute Gasteiger partial charge is 0.453 e. The first kappa shape index (κ1) is 40.4. The van der Waals surface area contributed by atoms with E-state index in [1.54, 1.807) is 6.20 Å². The number of pyridine rings is 1. The van der Waals surface area contributed by atoms with Gasteiger partial charge in [-0.05, 0) is 92.2 Å². The van der Waals surface area contributed by atoms with Gasteiger partial charge < -0.3 is 39.9 Å². The molecule has 2 fully saturated rings. The third-order valence-corrected chi connectivity index (χ3v) is 12.3. The maximum Gasteiger partial charge on any atom is 0.407 e. The Labute approximate surface area is 358 Å². The number of nitrogens with zero attached hydrogens (tertiary/aromatic N) is 5. The molecule has 4 N–H and O–H groups in total. The Kier molecular flexibility index (Phi) is 11.4. The van der Waals surface area contributed by atoms with E-state index in [2.05, 4.69) is 38.8 Å². The van der Waals surface area contributed by atoms with E-state index in [4.69, 9.17) is 24.4 Å². The van der Waals surface area contributed by atoms with Crippen LogP contribution in [-0.4, -0.2) is 98.1 Å². The zero-order valence-electron chi connectivity index (χ0n) is 34.7. The second-order valence-corrected chi connectivity index (χ2v) is 16.1. The predicted molar refractivity (Wildman–Crippen MR) is 233 cm³/mol. The average Bonchev–Trinajstić information content (AvgIpc) is 4.16. The van der Waals surface area contributed by atoms with Crippen molar-refractivity contribution in [2.75, 3.05) is 27.3 Å². The molecule has 2 saturated heterocycles. The van der Waals surface area contributed by atoms with Crippen LogP contribution in [0.3, 0.4) is 0 Å². The molecule has 4 unspecified atom stereocenters. The summed E-state index contributed by atoms with van der Waals surface area (Å²) in [6, 6.07) is 12.1. The molecule has 318 valence electrons. The Morgan fingerprint density at radius 3 is 1.94 bits per heavy atom. The number of fused-ring (bicyclic) bond motifs is 2. The van der Waals surface area contributed by atoms with Crippen LogP contribution in [0.1, 0.15) is 75.1 Å². The molecule has 9 rings (SSSR count). The van der Waals surface area contributed by atoms with Gasteiger partial charge >= 0.3 is 12.2 Å². The molecule has 15 nitrogen and oxygen atoms in total. The maximum absolute atomic E-state index is 14.0. The molecular weight excluding hydrogens is 787 g/mol. The van der Waals surface area contributed by atoms with E-state index in [1.807, 2.05) is 76.7 Å². The number of carbonyl (C=O) groups is 4. The Morgan fingerprint density at radius 1 is 0.694 bits per heavy atom. The molecule has 2 aliphatic heterocycles. The second kappa shape index (κ2) is 17.5. The van der Waals surface area contributed by atoms with Crippen molar-refractivity contribution in [2.24, 2.45) is 0 Å². The monoisotopic (exact) mass is 835 g/mol. The van der Waals surface area contributed by atoms with Crippen LogP contribution >= 0.6 is 0 Å². The molecular formula is C47H49N9O6. The summed E-state index contributed by atoms with van der Waals surface area (Å²) in [5.41, 5.74) is 6.84. The minimum Gasteiger partial charge on any atom is -0.453 e. The number of ether oxygens (including phenoxy) is 2. The number of aromatic amines is 2. The fraction of sp³-hybridized carbons (Fsp3) is 0.340. The van der Waals surface area contributed by atoms with Crippen molar-refractivity contribution in [2.45, 2.75) is 75.5 Å². The molecule has 15 heteroatoms. The number of aromatic nitrogens is 5. The highest BCUT2D eigenvalue weighted by Gasteiger charge is 2.39. The smallest absolute Gasteiger partial charge is 0.407 e. The average molecular weight is 836 g/mol. The number of allylic oxidation sites excluding steroid dienone is 6. The summed E-state index contributed by atoms with van der Waals surface area (Å²) in [4.78, 5) is 77.7. The van der Waals surface area contributed by atoms with Crippen molar-refractivity contribution in [1.82, 2.24) is 45.4 Å². The molecule has 4 aliphatic rings. The Morgan fingerprint density at radius 2 is 1.32 bits per heavy atom. The number of benzene rings is 2. The van der Waals surface area contributed by atoms with E-state index in [0.29, 0.717) is 50.4 Å². The van der Waals surface area contributed by atoms with Crippen molar-refractivity contribution >= 4 is 45.8 Å². The zero-order valence-corrected chi connectivity index (χ0v) is 34.7. The van der Waals surface area contributed by atoms with Gasteiger partial charge in [0.1, 0.15) is 23.7 Å². The first-order valence-corrected chi connectivity index (χ1v) is 21.2. The summed E-state index contributed by atoms with van der Waals surface area (Å²) in [6.07, 6.45) is 20.2. The van der Waals surface area contributed by atoms with Gasteiger partial charge in [-0.25, -0.2) is 19.6 Å². The molecule has 0 bridgehead atoms. The van der Waals surface area contributed by atoms with E-state index in [-0.39, 0.29) is 23.9 Å². The highest BCUT2D eigenvalue weighted by Crippen LogP contribution is 2.36. The molecule has 3 aromatic heterocycles. The van der Waals surface area contributed by atoms with Crippen LogP contribution in [0.2, 0.25) is 0 Å². The second-order valence-electron chi connectivity index (χ2n) is 16.1. The van der Waals surface area contributed by atoms with E-state index < -0.39 is 24.3 Å².